The highest BCUT2D eigenvalue weighted by atomic mass is 16.4. The van der Waals surface area contributed by atoms with Crippen molar-refractivity contribution in [2.24, 2.45) is 23.2 Å². The van der Waals surface area contributed by atoms with Gasteiger partial charge in [-0.1, -0.05) is 13.8 Å². The molecule has 3 nitrogen and oxygen atoms in total. The summed E-state index contributed by atoms with van der Waals surface area (Å²) in [6.07, 6.45) is 4.22. The number of aliphatic hydroxyl groups is 1. The number of carbonyl (C=O) groups is 1. The Labute approximate surface area is 96.9 Å². The highest BCUT2D eigenvalue weighted by molar-refractivity contribution is 5.73. The molecule has 3 unspecified atom stereocenters. The fourth-order valence-electron chi connectivity index (χ4n) is 4.16. The van der Waals surface area contributed by atoms with Gasteiger partial charge in [0.1, 0.15) is 0 Å². The molecular weight excluding hydrogens is 204 g/mol. The van der Waals surface area contributed by atoms with E-state index in [1.165, 1.54) is 19.3 Å². The first-order valence-electron chi connectivity index (χ1n) is 6.31. The Balaban J connectivity index is 2.11. The van der Waals surface area contributed by atoms with Crippen molar-refractivity contribution in [3.05, 3.63) is 0 Å². The van der Waals surface area contributed by atoms with Crippen molar-refractivity contribution < 1.29 is 15.0 Å². The van der Waals surface area contributed by atoms with Gasteiger partial charge in [0.05, 0.1) is 0 Å². The van der Waals surface area contributed by atoms with Crippen LogP contribution in [0.3, 0.4) is 0 Å². The summed E-state index contributed by atoms with van der Waals surface area (Å²) in [5.74, 6) is 0.966. The van der Waals surface area contributed by atoms with E-state index in [-0.39, 0.29) is 0 Å². The second-order valence-corrected chi connectivity index (χ2v) is 6.35. The molecule has 2 N–H and O–H groups in total. The average Bonchev–Trinajstić information content (AvgIpc) is 2.13. The molecule has 0 heterocycles. The number of fused-ring (bicyclic) bond motifs is 2. The Morgan fingerprint density at radius 2 is 1.75 bits per heavy atom. The minimum absolute atomic E-state index is 0.403. The summed E-state index contributed by atoms with van der Waals surface area (Å²) < 4.78 is 0. The molecule has 3 heteroatoms. The zero-order valence-electron chi connectivity index (χ0n) is 10.1. The lowest BCUT2D eigenvalue weighted by molar-refractivity contribution is -0.158. The van der Waals surface area contributed by atoms with Crippen LogP contribution in [0.1, 0.15) is 46.0 Å². The van der Waals surface area contributed by atoms with Crippen LogP contribution >= 0.6 is 0 Å². The molecular formula is C13H22O3. The van der Waals surface area contributed by atoms with Crippen LogP contribution in [0.4, 0.5) is 0 Å². The third kappa shape index (κ3) is 2.10. The minimum atomic E-state index is -1.19. The van der Waals surface area contributed by atoms with Gasteiger partial charge in [-0.2, -0.15) is 0 Å². The Morgan fingerprint density at radius 1 is 1.25 bits per heavy atom. The van der Waals surface area contributed by atoms with E-state index in [2.05, 4.69) is 6.92 Å². The van der Waals surface area contributed by atoms with Crippen LogP contribution in [-0.2, 0) is 4.79 Å². The van der Waals surface area contributed by atoms with Gasteiger partial charge in [-0.05, 0) is 49.9 Å². The Morgan fingerprint density at radius 3 is 2.19 bits per heavy atom. The van der Waals surface area contributed by atoms with Crippen LogP contribution in [0.5, 0.6) is 0 Å². The van der Waals surface area contributed by atoms with Crippen molar-refractivity contribution in [2.75, 3.05) is 0 Å². The van der Waals surface area contributed by atoms with Gasteiger partial charge in [-0.3, -0.25) is 0 Å². The van der Waals surface area contributed by atoms with E-state index in [4.69, 9.17) is 5.11 Å². The minimum Gasteiger partial charge on any atom is -0.479 e. The SMILES string of the molecule is CC1CC2CC(C1)CC(C)(C(O)C(=O)O)C2. The van der Waals surface area contributed by atoms with Gasteiger partial charge < -0.3 is 10.2 Å². The lowest BCUT2D eigenvalue weighted by atomic mass is 9.58. The van der Waals surface area contributed by atoms with E-state index >= 15 is 0 Å². The lowest BCUT2D eigenvalue weighted by Crippen LogP contribution is -2.46. The maximum absolute atomic E-state index is 10.9. The molecule has 3 atom stereocenters. The summed E-state index contributed by atoms with van der Waals surface area (Å²) in [7, 11) is 0. The molecule has 0 aromatic heterocycles. The van der Waals surface area contributed by atoms with Crippen molar-refractivity contribution in [2.45, 2.75) is 52.1 Å². The molecule has 2 saturated carbocycles. The summed E-state index contributed by atoms with van der Waals surface area (Å²) in [4.78, 5) is 10.9. The molecule has 0 spiro atoms. The van der Waals surface area contributed by atoms with Crippen molar-refractivity contribution >= 4 is 5.97 Å². The zero-order valence-corrected chi connectivity index (χ0v) is 10.1. The topological polar surface area (TPSA) is 57.5 Å². The van der Waals surface area contributed by atoms with Gasteiger partial charge in [0.25, 0.3) is 0 Å². The maximum atomic E-state index is 10.9. The second-order valence-electron chi connectivity index (χ2n) is 6.35. The van der Waals surface area contributed by atoms with Crippen LogP contribution in [0.2, 0.25) is 0 Å². The first kappa shape index (κ1) is 11.9. The van der Waals surface area contributed by atoms with Gasteiger partial charge in [0.2, 0.25) is 0 Å². The normalized spacial score (nSPS) is 45.1. The smallest absolute Gasteiger partial charge is 0.333 e. The Bertz CT molecular complexity index is 269. The molecule has 0 saturated heterocycles. The van der Waals surface area contributed by atoms with Crippen molar-refractivity contribution in [1.82, 2.24) is 0 Å². The van der Waals surface area contributed by atoms with Crippen molar-refractivity contribution in [3.8, 4) is 0 Å². The average molecular weight is 226 g/mol. The molecule has 0 radical (unpaired) electrons. The van der Waals surface area contributed by atoms with Crippen LogP contribution in [0, 0.1) is 23.2 Å². The molecule has 2 aliphatic carbocycles. The number of hydrogen-bond donors (Lipinski definition) is 2. The number of hydrogen-bond acceptors (Lipinski definition) is 2. The quantitative estimate of drug-likeness (QED) is 0.759. The molecule has 0 aliphatic heterocycles. The predicted octanol–water partition coefficient (Wildman–Crippen LogP) is 2.28. The third-order valence-electron chi connectivity index (χ3n) is 4.54. The second kappa shape index (κ2) is 4.02. The van der Waals surface area contributed by atoms with E-state index in [0.717, 1.165) is 18.8 Å². The van der Waals surface area contributed by atoms with Crippen LogP contribution in [-0.4, -0.2) is 22.3 Å². The van der Waals surface area contributed by atoms with Crippen LogP contribution < -0.4 is 0 Å². The Hall–Kier alpha value is -0.570. The first-order valence-corrected chi connectivity index (χ1v) is 6.31. The van der Waals surface area contributed by atoms with Gasteiger partial charge in [-0.15, -0.1) is 0 Å². The van der Waals surface area contributed by atoms with Gasteiger partial charge in [-0.25, -0.2) is 4.79 Å². The van der Waals surface area contributed by atoms with Crippen LogP contribution in [0.15, 0.2) is 0 Å². The van der Waals surface area contributed by atoms with Crippen molar-refractivity contribution in [3.63, 3.8) is 0 Å². The fraction of sp³-hybridized carbons (Fsp3) is 0.923. The molecule has 92 valence electrons. The van der Waals surface area contributed by atoms with E-state index in [1.807, 2.05) is 6.92 Å². The number of rotatable bonds is 2. The molecule has 2 fully saturated rings. The number of carboxylic acids is 1. The number of aliphatic carboxylic acids is 1. The molecule has 0 amide bonds. The van der Waals surface area contributed by atoms with E-state index in [1.54, 1.807) is 0 Å². The molecule has 2 aliphatic rings. The summed E-state index contributed by atoms with van der Waals surface area (Å²) >= 11 is 0. The lowest BCUT2D eigenvalue weighted by Gasteiger charge is -2.48. The Kier molecular flexibility index (Phi) is 2.99. The molecule has 2 bridgehead atoms. The molecule has 16 heavy (non-hydrogen) atoms. The fourth-order valence-corrected chi connectivity index (χ4v) is 4.16. The van der Waals surface area contributed by atoms with Gasteiger partial charge in [0, 0.05) is 5.41 Å². The summed E-state index contributed by atoms with van der Waals surface area (Å²) in [5.41, 5.74) is -0.403. The third-order valence-corrected chi connectivity index (χ3v) is 4.54. The highest BCUT2D eigenvalue weighted by Crippen LogP contribution is 2.51. The van der Waals surface area contributed by atoms with Crippen molar-refractivity contribution in [1.29, 1.82) is 0 Å². The zero-order chi connectivity index (χ0) is 11.9. The highest BCUT2D eigenvalue weighted by Gasteiger charge is 2.46. The summed E-state index contributed by atoms with van der Waals surface area (Å²) in [6, 6.07) is 0. The number of carboxylic acid groups (broad SMARTS) is 1. The largest absolute Gasteiger partial charge is 0.479 e. The summed E-state index contributed by atoms with van der Waals surface area (Å²) in [5, 5.41) is 18.8. The maximum Gasteiger partial charge on any atom is 0.333 e. The van der Waals surface area contributed by atoms with Gasteiger partial charge >= 0.3 is 5.97 Å². The first-order chi connectivity index (χ1) is 7.40. The molecule has 2 rings (SSSR count). The van der Waals surface area contributed by atoms with E-state index < -0.39 is 17.5 Å². The van der Waals surface area contributed by atoms with E-state index in [9.17, 15) is 9.90 Å². The summed E-state index contributed by atoms with van der Waals surface area (Å²) in [6.45, 7) is 4.23. The standard InChI is InChI=1S/C13H22O3/c1-8-3-9-5-10(4-8)7-13(2,6-9)11(14)12(15)16/h8-11,14H,3-7H2,1-2H3,(H,15,16). The molecule has 0 aromatic rings. The predicted molar refractivity (Wildman–Crippen MR) is 61.0 cm³/mol. The molecule has 0 aromatic carbocycles. The monoisotopic (exact) mass is 226 g/mol. The van der Waals surface area contributed by atoms with E-state index in [0.29, 0.717) is 11.8 Å². The van der Waals surface area contributed by atoms with Gasteiger partial charge in [0.15, 0.2) is 6.10 Å². The number of aliphatic hydroxyl groups excluding tert-OH is 1. The van der Waals surface area contributed by atoms with Crippen LogP contribution in [0.25, 0.3) is 0 Å².